The molecule has 19 heavy (non-hydrogen) atoms. The van der Waals surface area contributed by atoms with Gasteiger partial charge >= 0.3 is 0 Å². The van der Waals surface area contributed by atoms with Crippen molar-refractivity contribution >= 4 is 17.7 Å². The maximum atomic E-state index is 12.1. The van der Waals surface area contributed by atoms with E-state index in [1.54, 1.807) is 0 Å². The first-order valence-corrected chi connectivity index (χ1v) is 8.74. The molecule has 110 valence electrons. The second-order valence-electron chi connectivity index (χ2n) is 6.61. The molecule has 1 saturated heterocycles. The lowest BCUT2D eigenvalue weighted by molar-refractivity contribution is -0.120. The summed E-state index contributed by atoms with van der Waals surface area (Å²) in [6, 6.07) is 0.377. The van der Waals surface area contributed by atoms with Gasteiger partial charge in [0.25, 0.3) is 0 Å². The lowest BCUT2D eigenvalue weighted by Gasteiger charge is -2.39. The summed E-state index contributed by atoms with van der Waals surface area (Å²) < 4.78 is 0. The van der Waals surface area contributed by atoms with Crippen molar-refractivity contribution in [3.63, 3.8) is 0 Å². The van der Waals surface area contributed by atoms with Crippen LogP contribution in [0.3, 0.4) is 0 Å². The minimum Gasteiger partial charge on any atom is -0.352 e. The van der Waals surface area contributed by atoms with E-state index in [4.69, 9.17) is 0 Å². The Kier molecular flexibility index (Phi) is 5.58. The number of hydrogen-bond acceptors (Lipinski definition) is 3. The van der Waals surface area contributed by atoms with Gasteiger partial charge in [-0.1, -0.05) is 26.7 Å². The first-order valence-electron chi connectivity index (χ1n) is 7.69. The predicted molar refractivity (Wildman–Crippen MR) is 82.5 cm³/mol. The maximum Gasteiger partial charge on any atom is 0.230 e. The summed E-state index contributed by atoms with van der Waals surface area (Å²) in [5.41, 5.74) is 0.271. The number of amides is 1. The van der Waals surface area contributed by atoms with Crippen molar-refractivity contribution < 1.29 is 4.79 Å². The molecule has 1 saturated carbocycles. The van der Waals surface area contributed by atoms with E-state index in [1.807, 2.05) is 11.8 Å². The van der Waals surface area contributed by atoms with E-state index >= 15 is 0 Å². The second kappa shape index (κ2) is 6.98. The number of rotatable bonds is 4. The van der Waals surface area contributed by atoms with Gasteiger partial charge in [-0.15, -0.1) is 11.8 Å². The highest BCUT2D eigenvalue weighted by Gasteiger charge is 2.33. The van der Waals surface area contributed by atoms with Crippen molar-refractivity contribution in [2.24, 2.45) is 5.41 Å². The summed E-state index contributed by atoms with van der Waals surface area (Å²) in [6.07, 6.45) is 7.36. The van der Waals surface area contributed by atoms with Gasteiger partial charge in [-0.3, -0.25) is 4.79 Å². The molecule has 1 aliphatic heterocycles. The van der Waals surface area contributed by atoms with E-state index in [2.05, 4.69) is 24.5 Å². The maximum absolute atomic E-state index is 12.1. The molecule has 0 aromatic heterocycles. The van der Waals surface area contributed by atoms with E-state index in [1.165, 1.54) is 32.1 Å². The molecule has 0 aromatic rings. The van der Waals surface area contributed by atoms with Crippen LogP contribution in [0.1, 0.15) is 52.4 Å². The first kappa shape index (κ1) is 15.2. The Labute approximate surface area is 121 Å². The molecule has 2 rings (SSSR count). The van der Waals surface area contributed by atoms with E-state index in [0.29, 0.717) is 17.0 Å². The van der Waals surface area contributed by atoms with Crippen LogP contribution in [0, 0.1) is 5.41 Å². The van der Waals surface area contributed by atoms with E-state index in [-0.39, 0.29) is 11.3 Å². The third kappa shape index (κ3) is 4.67. The Balaban J connectivity index is 1.71. The van der Waals surface area contributed by atoms with Gasteiger partial charge in [-0.05, 0) is 44.2 Å². The molecule has 2 fully saturated rings. The molecule has 0 radical (unpaired) electrons. The molecule has 3 nitrogen and oxygen atoms in total. The van der Waals surface area contributed by atoms with Gasteiger partial charge in [0.15, 0.2) is 0 Å². The van der Waals surface area contributed by atoms with Crippen LogP contribution in [0.2, 0.25) is 0 Å². The lowest BCUT2D eigenvalue weighted by Crippen LogP contribution is -2.47. The third-order valence-electron chi connectivity index (χ3n) is 4.58. The fraction of sp³-hybridized carbons (Fsp3) is 0.933. The number of carbonyl (C=O) groups is 1. The highest BCUT2D eigenvalue weighted by Crippen LogP contribution is 2.35. The molecule has 1 aliphatic carbocycles. The predicted octanol–water partition coefficient (Wildman–Crippen LogP) is 2.56. The molecule has 1 unspecified atom stereocenters. The lowest BCUT2D eigenvalue weighted by atomic mass is 9.73. The van der Waals surface area contributed by atoms with Gasteiger partial charge in [-0.2, -0.15) is 0 Å². The minimum atomic E-state index is 0.239. The van der Waals surface area contributed by atoms with Crippen molar-refractivity contribution in [1.82, 2.24) is 10.6 Å². The van der Waals surface area contributed by atoms with Crippen molar-refractivity contribution in [1.29, 1.82) is 0 Å². The van der Waals surface area contributed by atoms with E-state index < -0.39 is 0 Å². The largest absolute Gasteiger partial charge is 0.352 e. The molecule has 1 heterocycles. The minimum absolute atomic E-state index is 0.239. The number of thioether (sulfide) groups is 1. The molecular weight excluding hydrogens is 256 g/mol. The summed E-state index contributed by atoms with van der Waals surface area (Å²) in [6.45, 7) is 6.79. The average Bonchev–Trinajstić information content (AvgIpc) is 2.40. The Bertz CT molecular complexity index is 301. The molecule has 2 N–H and O–H groups in total. The Morgan fingerprint density at radius 1 is 1.26 bits per heavy atom. The monoisotopic (exact) mass is 284 g/mol. The Morgan fingerprint density at radius 2 is 2.00 bits per heavy atom. The summed E-state index contributed by atoms with van der Waals surface area (Å²) in [5, 5.41) is 7.31. The smallest absolute Gasteiger partial charge is 0.230 e. The van der Waals surface area contributed by atoms with Crippen LogP contribution in [-0.2, 0) is 4.79 Å². The standard InChI is InChI=1S/C15H28N2OS/c1-15(2)8-4-3-5-13(15)17-14(18)11-19-12-6-9-16-10-7-12/h12-13,16H,3-11H2,1-2H3,(H,17,18). The third-order valence-corrected chi connectivity index (χ3v) is 5.95. The Hall–Kier alpha value is -0.220. The van der Waals surface area contributed by atoms with Crippen molar-refractivity contribution in [2.45, 2.75) is 63.7 Å². The van der Waals surface area contributed by atoms with E-state index in [9.17, 15) is 4.79 Å². The summed E-state index contributed by atoms with van der Waals surface area (Å²) >= 11 is 1.84. The number of carbonyl (C=O) groups excluding carboxylic acids is 1. The van der Waals surface area contributed by atoms with Gasteiger partial charge < -0.3 is 10.6 Å². The van der Waals surface area contributed by atoms with Crippen molar-refractivity contribution in [2.75, 3.05) is 18.8 Å². The molecule has 0 spiro atoms. The summed E-state index contributed by atoms with van der Waals surface area (Å²) in [5.74, 6) is 0.876. The summed E-state index contributed by atoms with van der Waals surface area (Å²) in [7, 11) is 0. The van der Waals surface area contributed by atoms with Gasteiger partial charge in [0.2, 0.25) is 5.91 Å². The van der Waals surface area contributed by atoms with Gasteiger partial charge in [0.05, 0.1) is 5.75 Å². The highest BCUT2D eigenvalue weighted by atomic mass is 32.2. The SMILES string of the molecule is CC1(C)CCCCC1NC(=O)CSC1CCNCC1. The van der Waals surface area contributed by atoms with Crippen LogP contribution < -0.4 is 10.6 Å². The van der Waals surface area contributed by atoms with Crippen LogP contribution in [-0.4, -0.2) is 36.0 Å². The number of nitrogens with one attached hydrogen (secondary N) is 2. The molecule has 0 bridgehead atoms. The Morgan fingerprint density at radius 3 is 2.68 bits per heavy atom. The molecule has 1 amide bonds. The topological polar surface area (TPSA) is 41.1 Å². The summed E-state index contributed by atoms with van der Waals surface area (Å²) in [4.78, 5) is 12.1. The fourth-order valence-corrected chi connectivity index (χ4v) is 4.19. The van der Waals surface area contributed by atoms with Crippen LogP contribution in [0.5, 0.6) is 0 Å². The molecule has 1 atom stereocenters. The van der Waals surface area contributed by atoms with Gasteiger partial charge in [-0.25, -0.2) is 0 Å². The highest BCUT2D eigenvalue weighted by molar-refractivity contribution is 8.00. The number of piperidine rings is 1. The van der Waals surface area contributed by atoms with Crippen LogP contribution >= 0.6 is 11.8 Å². The zero-order chi connectivity index (χ0) is 13.7. The van der Waals surface area contributed by atoms with Crippen molar-refractivity contribution in [3.05, 3.63) is 0 Å². The van der Waals surface area contributed by atoms with Gasteiger partial charge in [0, 0.05) is 11.3 Å². The van der Waals surface area contributed by atoms with Gasteiger partial charge in [0.1, 0.15) is 0 Å². The number of hydrogen-bond donors (Lipinski definition) is 2. The molecule has 0 aromatic carbocycles. The van der Waals surface area contributed by atoms with Crippen LogP contribution in [0.15, 0.2) is 0 Å². The first-order chi connectivity index (χ1) is 9.08. The quantitative estimate of drug-likeness (QED) is 0.833. The average molecular weight is 284 g/mol. The van der Waals surface area contributed by atoms with Crippen molar-refractivity contribution in [3.8, 4) is 0 Å². The van der Waals surface area contributed by atoms with Crippen LogP contribution in [0.25, 0.3) is 0 Å². The fourth-order valence-electron chi connectivity index (χ4n) is 3.15. The second-order valence-corrected chi connectivity index (χ2v) is 7.90. The zero-order valence-electron chi connectivity index (χ0n) is 12.3. The zero-order valence-corrected chi connectivity index (χ0v) is 13.2. The van der Waals surface area contributed by atoms with Crippen LogP contribution in [0.4, 0.5) is 0 Å². The molecule has 4 heteroatoms. The normalized spacial score (nSPS) is 28.0. The van der Waals surface area contributed by atoms with E-state index in [0.717, 1.165) is 19.5 Å². The molecule has 2 aliphatic rings. The molecular formula is C15H28N2OS.